The molecule has 0 aromatic rings. The van der Waals surface area contributed by atoms with Gasteiger partial charge in [0.25, 0.3) is 0 Å². The van der Waals surface area contributed by atoms with Gasteiger partial charge in [0.05, 0.1) is 0 Å². The van der Waals surface area contributed by atoms with Crippen molar-refractivity contribution in [2.45, 2.75) is 335 Å². The van der Waals surface area contributed by atoms with Crippen LogP contribution in [0.15, 0.2) is 109 Å². The molecule has 1 unspecified atom stereocenters. The highest BCUT2D eigenvalue weighted by Crippen LogP contribution is 2.17. The van der Waals surface area contributed by atoms with Crippen molar-refractivity contribution in [3.8, 4) is 0 Å². The van der Waals surface area contributed by atoms with Crippen molar-refractivity contribution in [1.82, 2.24) is 0 Å². The van der Waals surface area contributed by atoms with Gasteiger partial charge in [-0.3, -0.25) is 14.4 Å². The fourth-order valence-electron chi connectivity index (χ4n) is 9.67. The first-order chi connectivity index (χ1) is 40.0. The van der Waals surface area contributed by atoms with Crippen molar-refractivity contribution < 1.29 is 28.6 Å². The fourth-order valence-corrected chi connectivity index (χ4v) is 9.67. The van der Waals surface area contributed by atoms with Crippen LogP contribution in [0.1, 0.15) is 329 Å². The topological polar surface area (TPSA) is 78.9 Å². The Labute approximate surface area is 501 Å². The number of unbranched alkanes of at least 4 members (excludes halogenated alkanes) is 33. The third-order valence-electron chi connectivity index (χ3n) is 14.8. The molecule has 0 aliphatic carbocycles. The second-order valence-corrected chi connectivity index (χ2v) is 22.7. The van der Waals surface area contributed by atoms with Crippen LogP contribution in [0.3, 0.4) is 0 Å². The maximum Gasteiger partial charge on any atom is 0.306 e. The molecule has 0 radical (unpaired) electrons. The molecule has 0 aliphatic rings. The summed E-state index contributed by atoms with van der Waals surface area (Å²) in [7, 11) is 0. The van der Waals surface area contributed by atoms with Crippen molar-refractivity contribution in [1.29, 1.82) is 0 Å². The molecule has 0 fully saturated rings. The number of carbonyl (C=O) groups is 3. The van der Waals surface area contributed by atoms with Crippen LogP contribution in [0.2, 0.25) is 0 Å². The van der Waals surface area contributed by atoms with Gasteiger partial charge in [-0.1, -0.05) is 329 Å². The molecular weight excluding hydrogens is 997 g/mol. The highest BCUT2D eigenvalue weighted by molar-refractivity contribution is 5.71. The summed E-state index contributed by atoms with van der Waals surface area (Å²) in [6.45, 7) is 6.53. The van der Waals surface area contributed by atoms with Crippen LogP contribution in [-0.2, 0) is 28.6 Å². The molecule has 0 amide bonds. The Morgan fingerprint density at radius 2 is 0.481 bits per heavy atom. The predicted molar refractivity (Wildman–Crippen MR) is 353 cm³/mol. The summed E-state index contributed by atoms with van der Waals surface area (Å²) >= 11 is 0. The van der Waals surface area contributed by atoms with E-state index in [1.807, 2.05) is 0 Å². The third-order valence-corrected chi connectivity index (χ3v) is 14.8. The van der Waals surface area contributed by atoms with Crippen molar-refractivity contribution in [2.24, 2.45) is 0 Å². The van der Waals surface area contributed by atoms with E-state index in [9.17, 15) is 14.4 Å². The van der Waals surface area contributed by atoms with E-state index in [1.54, 1.807) is 0 Å². The molecule has 0 N–H and O–H groups in total. The van der Waals surface area contributed by atoms with E-state index in [4.69, 9.17) is 14.2 Å². The molecule has 0 bridgehead atoms. The lowest BCUT2D eigenvalue weighted by Gasteiger charge is -2.18. The lowest BCUT2D eigenvalue weighted by atomic mass is 10.0. The molecule has 0 saturated carbocycles. The molecule has 81 heavy (non-hydrogen) atoms. The maximum atomic E-state index is 12.9. The number of allylic oxidation sites excluding steroid dienone is 18. The second kappa shape index (κ2) is 68.6. The lowest BCUT2D eigenvalue weighted by molar-refractivity contribution is -0.167. The number of carbonyl (C=O) groups excluding carboxylic acids is 3. The van der Waals surface area contributed by atoms with Gasteiger partial charge in [-0.25, -0.2) is 0 Å². The van der Waals surface area contributed by atoms with E-state index < -0.39 is 6.10 Å². The summed E-state index contributed by atoms with van der Waals surface area (Å²) in [6.07, 6.45) is 94.0. The smallest absolute Gasteiger partial charge is 0.306 e. The number of esters is 3. The van der Waals surface area contributed by atoms with Gasteiger partial charge in [0.1, 0.15) is 13.2 Å². The first-order valence-corrected chi connectivity index (χ1v) is 34.4. The van der Waals surface area contributed by atoms with Crippen LogP contribution in [0.25, 0.3) is 0 Å². The van der Waals surface area contributed by atoms with E-state index >= 15 is 0 Å². The van der Waals surface area contributed by atoms with Crippen LogP contribution in [0.4, 0.5) is 0 Å². The molecule has 0 aliphatic heterocycles. The zero-order valence-corrected chi connectivity index (χ0v) is 53.3. The summed E-state index contributed by atoms with van der Waals surface area (Å²) in [4.78, 5) is 38.3. The molecule has 464 valence electrons. The van der Waals surface area contributed by atoms with Crippen molar-refractivity contribution in [2.75, 3.05) is 13.2 Å². The monoisotopic (exact) mass is 1120 g/mol. The van der Waals surface area contributed by atoms with Crippen molar-refractivity contribution in [3.63, 3.8) is 0 Å². The van der Waals surface area contributed by atoms with Gasteiger partial charge in [-0.2, -0.15) is 0 Å². The quantitative estimate of drug-likeness (QED) is 0.0261. The maximum absolute atomic E-state index is 12.9. The number of hydrogen-bond donors (Lipinski definition) is 0. The second-order valence-electron chi connectivity index (χ2n) is 22.7. The Bertz CT molecular complexity index is 1620. The normalized spacial score (nSPS) is 12.8. The Kier molecular flexibility index (Phi) is 65.2. The van der Waals surface area contributed by atoms with Crippen LogP contribution in [0.5, 0.6) is 0 Å². The van der Waals surface area contributed by atoms with Crippen molar-refractivity contribution >= 4 is 17.9 Å². The molecule has 0 spiro atoms. The summed E-state index contributed by atoms with van der Waals surface area (Å²) in [5, 5.41) is 0. The summed E-state index contributed by atoms with van der Waals surface area (Å²) < 4.78 is 16.9. The van der Waals surface area contributed by atoms with E-state index in [0.29, 0.717) is 19.3 Å². The summed E-state index contributed by atoms with van der Waals surface area (Å²) in [5.41, 5.74) is 0. The molecule has 0 saturated heterocycles. The van der Waals surface area contributed by atoms with Gasteiger partial charge in [0, 0.05) is 19.3 Å². The molecule has 0 heterocycles. The average Bonchev–Trinajstić information content (AvgIpc) is 3.47. The minimum Gasteiger partial charge on any atom is -0.462 e. The number of rotatable bonds is 62. The zero-order chi connectivity index (χ0) is 58.5. The van der Waals surface area contributed by atoms with Crippen molar-refractivity contribution in [3.05, 3.63) is 109 Å². The highest BCUT2D eigenvalue weighted by Gasteiger charge is 2.19. The minimum absolute atomic E-state index is 0.0848. The Morgan fingerprint density at radius 1 is 0.259 bits per heavy atom. The fraction of sp³-hybridized carbons (Fsp3) is 0.720. The predicted octanol–water partition coefficient (Wildman–Crippen LogP) is 23.8. The molecule has 0 aromatic heterocycles. The SMILES string of the molecule is CC/C=C\C/C=C\C/C=C\C/C=C\C/C=C\C/C=C\C/C=C\C/C=C\C/C=C\CCCCCC(=O)OCC(COC(=O)CCCCCCCCCCCCC)OC(=O)CCCCCCCCCCCCCCCCCCCCCCC. The van der Waals surface area contributed by atoms with Gasteiger partial charge in [-0.15, -0.1) is 0 Å². The van der Waals surface area contributed by atoms with Gasteiger partial charge < -0.3 is 14.2 Å². The molecular formula is C75H128O6. The Hall–Kier alpha value is -3.93. The van der Waals surface area contributed by atoms with Crippen LogP contribution in [-0.4, -0.2) is 37.2 Å². The van der Waals surface area contributed by atoms with Gasteiger partial charge in [0.2, 0.25) is 0 Å². The zero-order valence-electron chi connectivity index (χ0n) is 53.3. The standard InChI is InChI=1S/C75H128O6/c1-4-7-10-13-16-19-22-24-26-28-30-32-33-34-35-36-37-38-39-40-41-43-44-46-48-50-53-56-59-62-65-68-74(77)80-71-72(70-79-73(76)67-64-61-58-55-52-21-18-15-12-9-6-3)81-75(78)69-66-63-60-57-54-51-49-47-45-42-31-29-27-25-23-20-17-14-11-8-5-2/h7,10,16,19,24,26,30,32,34-35,37-38,40-41,44,46,50,53,72H,4-6,8-9,11-15,17-18,20-23,25,27-29,31,33,36,39,42-43,45,47-49,51-52,54-71H2,1-3H3/b10-7-,19-16-,26-24-,32-30-,35-34-,38-37-,41-40-,46-44-,53-50-. The first-order valence-electron chi connectivity index (χ1n) is 34.4. The summed E-state index contributed by atoms with van der Waals surface area (Å²) in [6, 6.07) is 0. The number of ether oxygens (including phenoxy) is 3. The largest absolute Gasteiger partial charge is 0.462 e. The van der Waals surface area contributed by atoms with Gasteiger partial charge in [0.15, 0.2) is 6.10 Å². The molecule has 6 heteroatoms. The lowest BCUT2D eigenvalue weighted by Crippen LogP contribution is -2.30. The average molecular weight is 1130 g/mol. The molecule has 0 rings (SSSR count). The molecule has 6 nitrogen and oxygen atoms in total. The minimum atomic E-state index is -0.791. The highest BCUT2D eigenvalue weighted by atomic mass is 16.6. The first kappa shape index (κ1) is 77.1. The van der Waals surface area contributed by atoms with E-state index in [0.717, 1.165) is 122 Å². The third kappa shape index (κ3) is 66.8. The van der Waals surface area contributed by atoms with Crippen LogP contribution in [0, 0.1) is 0 Å². The Balaban J connectivity index is 4.32. The van der Waals surface area contributed by atoms with E-state index in [2.05, 4.69) is 130 Å². The van der Waals surface area contributed by atoms with E-state index in [1.165, 1.54) is 167 Å². The van der Waals surface area contributed by atoms with Crippen LogP contribution < -0.4 is 0 Å². The molecule has 1 atom stereocenters. The van der Waals surface area contributed by atoms with Gasteiger partial charge in [-0.05, 0) is 89.9 Å². The Morgan fingerprint density at radius 3 is 0.753 bits per heavy atom. The van der Waals surface area contributed by atoms with Gasteiger partial charge >= 0.3 is 17.9 Å². The number of hydrogen-bond acceptors (Lipinski definition) is 6. The summed E-state index contributed by atoms with van der Waals surface area (Å²) in [5.74, 6) is -0.906. The van der Waals surface area contributed by atoms with E-state index in [-0.39, 0.29) is 31.1 Å². The molecule has 0 aromatic carbocycles. The van der Waals surface area contributed by atoms with Crippen LogP contribution >= 0.6 is 0 Å².